The third-order valence-electron chi connectivity index (χ3n) is 4.59. The van der Waals surface area contributed by atoms with Gasteiger partial charge in [0.15, 0.2) is 5.69 Å². The molecule has 1 aliphatic carbocycles. The van der Waals surface area contributed by atoms with Crippen LogP contribution in [0, 0.1) is 0 Å². The molecule has 128 valence electrons. The van der Waals surface area contributed by atoms with Gasteiger partial charge in [-0.15, -0.1) is 5.10 Å². The summed E-state index contributed by atoms with van der Waals surface area (Å²) in [6.45, 7) is 0. The Hall–Kier alpha value is -3.54. The lowest BCUT2D eigenvalue weighted by Crippen LogP contribution is -2.30. The lowest BCUT2D eigenvalue weighted by atomic mass is 9.73. The number of hydrogen-bond acceptors (Lipinski definition) is 4. The van der Waals surface area contributed by atoms with Crippen LogP contribution in [0.3, 0.4) is 0 Å². The van der Waals surface area contributed by atoms with Gasteiger partial charge < -0.3 is 5.11 Å². The molecule has 1 atom stereocenters. The van der Waals surface area contributed by atoms with Gasteiger partial charge >= 0.3 is 5.97 Å². The minimum absolute atomic E-state index is 0.0862. The zero-order chi connectivity index (χ0) is 18.0. The van der Waals surface area contributed by atoms with Gasteiger partial charge in [-0.2, -0.15) is 10.3 Å². The topological polar surface area (TPSA) is 91.8 Å². The highest BCUT2D eigenvalue weighted by Gasteiger charge is 2.40. The number of hydrogen-bond donors (Lipinski definition) is 2. The van der Waals surface area contributed by atoms with Gasteiger partial charge in [0, 0.05) is 6.20 Å². The molecule has 2 aromatic heterocycles. The summed E-state index contributed by atoms with van der Waals surface area (Å²) in [4.78, 5) is 16.1. The number of aromatic nitrogens is 4. The molecule has 0 aliphatic heterocycles. The molecule has 2 heterocycles. The SMILES string of the molecule is O=C(O)c1n[nH]nc1C1(c2ccccn2)C=CC(c2ccccc2)=CC1. The number of nitrogens with one attached hydrogen (secondary N) is 1. The lowest BCUT2D eigenvalue weighted by Gasteiger charge is -2.30. The maximum absolute atomic E-state index is 11.6. The summed E-state index contributed by atoms with van der Waals surface area (Å²) in [5.41, 5.74) is 2.42. The van der Waals surface area contributed by atoms with Crippen molar-refractivity contribution in [2.75, 3.05) is 0 Å². The molecule has 4 rings (SSSR count). The van der Waals surface area contributed by atoms with Gasteiger partial charge in [0.1, 0.15) is 5.69 Å². The fourth-order valence-electron chi connectivity index (χ4n) is 3.29. The van der Waals surface area contributed by atoms with Crippen LogP contribution >= 0.6 is 0 Å². The van der Waals surface area contributed by atoms with Crippen molar-refractivity contribution in [2.24, 2.45) is 0 Å². The van der Waals surface area contributed by atoms with E-state index in [9.17, 15) is 9.90 Å². The van der Waals surface area contributed by atoms with E-state index >= 15 is 0 Å². The molecule has 0 radical (unpaired) electrons. The van der Waals surface area contributed by atoms with Gasteiger partial charge in [-0.3, -0.25) is 4.98 Å². The highest BCUT2D eigenvalue weighted by molar-refractivity contribution is 5.87. The van der Waals surface area contributed by atoms with Gasteiger partial charge in [0.05, 0.1) is 11.1 Å². The number of benzene rings is 1. The molecule has 6 heteroatoms. The van der Waals surface area contributed by atoms with E-state index in [2.05, 4.69) is 26.5 Å². The predicted molar refractivity (Wildman–Crippen MR) is 96.5 cm³/mol. The van der Waals surface area contributed by atoms with E-state index in [1.807, 2.05) is 60.7 Å². The Kier molecular flexibility index (Phi) is 3.93. The minimum Gasteiger partial charge on any atom is -0.476 e. The van der Waals surface area contributed by atoms with Crippen LogP contribution in [0.4, 0.5) is 0 Å². The molecule has 0 fully saturated rings. The molecular formula is C20H16N4O2. The van der Waals surface area contributed by atoms with Crippen LogP contribution in [-0.4, -0.2) is 31.5 Å². The quantitative estimate of drug-likeness (QED) is 0.758. The Bertz CT molecular complexity index is 993. The number of nitrogens with zero attached hydrogens (tertiary/aromatic N) is 3. The summed E-state index contributed by atoms with van der Waals surface area (Å²) in [5, 5.41) is 19.9. The van der Waals surface area contributed by atoms with E-state index in [1.54, 1.807) is 6.20 Å². The second-order valence-electron chi connectivity index (χ2n) is 6.08. The second kappa shape index (κ2) is 6.40. The number of aromatic amines is 1. The molecule has 1 aliphatic rings. The molecule has 26 heavy (non-hydrogen) atoms. The van der Waals surface area contributed by atoms with Crippen LogP contribution in [0.25, 0.3) is 5.57 Å². The van der Waals surface area contributed by atoms with Crippen LogP contribution in [0.15, 0.2) is 73.0 Å². The number of carbonyl (C=O) groups is 1. The molecule has 0 amide bonds. The second-order valence-corrected chi connectivity index (χ2v) is 6.08. The molecule has 3 aromatic rings. The number of allylic oxidation sites excluding steroid dienone is 4. The molecule has 0 bridgehead atoms. The summed E-state index contributed by atoms with van der Waals surface area (Å²) < 4.78 is 0. The summed E-state index contributed by atoms with van der Waals surface area (Å²) in [6.07, 6.45) is 8.29. The Morgan fingerprint density at radius 2 is 1.88 bits per heavy atom. The van der Waals surface area contributed by atoms with E-state index in [0.717, 1.165) is 16.8 Å². The van der Waals surface area contributed by atoms with Gasteiger partial charge in [0.2, 0.25) is 0 Å². The van der Waals surface area contributed by atoms with Crippen LogP contribution in [0.2, 0.25) is 0 Å². The standard InChI is InChI=1S/C20H16N4O2/c25-19(26)17-18(23-24-22-17)20(16-8-4-5-13-21-16)11-9-15(10-12-20)14-6-2-1-3-7-14/h1-11,13H,12H2,(H,25,26)(H,22,23,24). The maximum atomic E-state index is 11.6. The highest BCUT2D eigenvalue weighted by Crippen LogP contribution is 2.41. The van der Waals surface area contributed by atoms with Crippen molar-refractivity contribution in [1.29, 1.82) is 0 Å². The van der Waals surface area contributed by atoms with Crippen molar-refractivity contribution >= 4 is 11.5 Å². The average molecular weight is 344 g/mol. The zero-order valence-corrected chi connectivity index (χ0v) is 13.8. The number of rotatable bonds is 4. The van der Waals surface area contributed by atoms with Crippen molar-refractivity contribution in [2.45, 2.75) is 11.8 Å². The maximum Gasteiger partial charge on any atom is 0.358 e. The van der Waals surface area contributed by atoms with Gasteiger partial charge in [0.25, 0.3) is 0 Å². The van der Waals surface area contributed by atoms with Crippen molar-refractivity contribution in [1.82, 2.24) is 20.4 Å². The van der Waals surface area contributed by atoms with E-state index in [-0.39, 0.29) is 5.69 Å². The zero-order valence-electron chi connectivity index (χ0n) is 13.8. The Morgan fingerprint density at radius 3 is 2.54 bits per heavy atom. The van der Waals surface area contributed by atoms with Gasteiger partial charge in [-0.1, -0.05) is 54.6 Å². The Morgan fingerprint density at radius 1 is 1.08 bits per heavy atom. The summed E-state index contributed by atoms with van der Waals surface area (Å²) in [7, 11) is 0. The van der Waals surface area contributed by atoms with Crippen molar-refractivity contribution < 1.29 is 9.90 Å². The number of H-pyrrole nitrogens is 1. The molecule has 0 saturated heterocycles. The average Bonchev–Trinajstić information content (AvgIpc) is 3.20. The normalized spacial score (nSPS) is 19.2. The first-order chi connectivity index (χ1) is 12.7. The van der Waals surface area contributed by atoms with E-state index in [4.69, 9.17) is 0 Å². The Labute approximate surface area is 149 Å². The molecule has 0 spiro atoms. The van der Waals surface area contributed by atoms with Crippen molar-refractivity contribution in [3.05, 3.63) is 95.6 Å². The van der Waals surface area contributed by atoms with Crippen LogP contribution in [0.1, 0.15) is 33.9 Å². The van der Waals surface area contributed by atoms with Crippen LogP contribution in [0.5, 0.6) is 0 Å². The minimum atomic E-state index is -1.12. The van der Waals surface area contributed by atoms with Gasteiger partial charge in [-0.05, 0) is 29.7 Å². The van der Waals surface area contributed by atoms with E-state index in [1.165, 1.54) is 0 Å². The van der Waals surface area contributed by atoms with Crippen molar-refractivity contribution in [3.63, 3.8) is 0 Å². The first-order valence-corrected chi connectivity index (χ1v) is 8.21. The summed E-state index contributed by atoms with van der Waals surface area (Å²) in [5.74, 6) is -1.12. The largest absolute Gasteiger partial charge is 0.476 e. The Balaban J connectivity index is 1.83. The summed E-state index contributed by atoms with van der Waals surface area (Å²) in [6, 6.07) is 15.6. The molecule has 6 nitrogen and oxygen atoms in total. The smallest absolute Gasteiger partial charge is 0.358 e. The predicted octanol–water partition coefficient (Wildman–Crippen LogP) is 3.23. The third-order valence-corrected chi connectivity index (χ3v) is 4.59. The number of carboxylic acid groups (broad SMARTS) is 1. The summed E-state index contributed by atoms with van der Waals surface area (Å²) >= 11 is 0. The van der Waals surface area contributed by atoms with Gasteiger partial charge in [-0.25, -0.2) is 4.79 Å². The fourth-order valence-corrected chi connectivity index (χ4v) is 3.29. The first kappa shape index (κ1) is 16.0. The molecule has 1 unspecified atom stereocenters. The van der Waals surface area contributed by atoms with Crippen LogP contribution in [-0.2, 0) is 5.41 Å². The third kappa shape index (κ3) is 2.61. The lowest BCUT2D eigenvalue weighted by molar-refractivity contribution is 0.0688. The van der Waals surface area contributed by atoms with Crippen LogP contribution < -0.4 is 0 Å². The van der Waals surface area contributed by atoms with Crippen molar-refractivity contribution in [3.8, 4) is 0 Å². The number of pyridine rings is 1. The van der Waals surface area contributed by atoms with E-state index in [0.29, 0.717) is 12.1 Å². The number of carboxylic acids is 1. The monoisotopic (exact) mass is 344 g/mol. The molecule has 1 aromatic carbocycles. The molecular weight excluding hydrogens is 328 g/mol. The fraction of sp³-hybridized carbons (Fsp3) is 0.100. The first-order valence-electron chi connectivity index (χ1n) is 8.21. The highest BCUT2D eigenvalue weighted by atomic mass is 16.4. The van der Waals surface area contributed by atoms with E-state index < -0.39 is 11.4 Å². The molecule has 2 N–H and O–H groups in total. The number of aromatic carboxylic acids is 1. The molecule has 0 saturated carbocycles.